The van der Waals surface area contributed by atoms with Gasteiger partial charge in [-0.15, -0.1) is 0 Å². The number of aldehydes is 1. The molecule has 1 aliphatic rings. The Hall–Kier alpha value is -0.700. The van der Waals surface area contributed by atoms with Gasteiger partial charge < -0.3 is 0 Å². The molecule has 1 aliphatic carbocycles. The van der Waals surface area contributed by atoms with Crippen molar-refractivity contribution in [1.29, 1.82) is 0 Å². The molecule has 0 aromatic carbocycles. The molecule has 3 heteroatoms. The Morgan fingerprint density at radius 3 is 2.92 bits per heavy atom. The minimum atomic E-state index is -0.480. The highest BCUT2D eigenvalue weighted by Crippen LogP contribution is 2.25. The molecule has 0 aromatic heterocycles. The SMILES string of the molecule is CC1C=CC(F)=C(C=O)C=C1Br. The van der Waals surface area contributed by atoms with Crippen molar-refractivity contribution in [2.24, 2.45) is 5.92 Å². The lowest BCUT2D eigenvalue weighted by molar-refractivity contribution is -0.104. The molecule has 0 aromatic rings. The summed E-state index contributed by atoms with van der Waals surface area (Å²) in [7, 11) is 0. The van der Waals surface area contributed by atoms with Gasteiger partial charge in [-0.05, 0) is 12.2 Å². The second-order valence-corrected chi connectivity index (χ2v) is 3.51. The highest BCUT2D eigenvalue weighted by molar-refractivity contribution is 9.11. The van der Waals surface area contributed by atoms with Crippen LogP contribution in [0.25, 0.3) is 0 Å². The first-order chi connectivity index (χ1) is 5.65. The van der Waals surface area contributed by atoms with Crippen LogP contribution in [-0.4, -0.2) is 6.29 Å². The molecular weight excluding hydrogens is 223 g/mol. The highest BCUT2D eigenvalue weighted by atomic mass is 79.9. The number of halogens is 2. The molecule has 0 saturated heterocycles. The Bertz CT molecular complexity index is 289. The van der Waals surface area contributed by atoms with Crippen LogP contribution >= 0.6 is 15.9 Å². The van der Waals surface area contributed by atoms with Gasteiger partial charge in [0.05, 0.1) is 5.57 Å². The summed E-state index contributed by atoms with van der Waals surface area (Å²) in [5.41, 5.74) is 0.0856. The quantitative estimate of drug-likeness (QED) is 0.634. The predicted molar refractivity (Wildman–Crippen MR) is 49.5 cm³/mol. The van der Waals surface area contributed by atoms with E-state index in [9.17, 15) is 9.18 Å². The van der Waals surface area contributed by atoms with Gasteiger partial charge in [0.15, 0.2) is 6.29 Å². The third kappa shape index (κ3) is 1.91. The van der Waals surface area contributed by atoms with E-state index in [1.807, 2.05) is 6.92 Å². The molecule has 1 nitrogen and oxygen atoms in total. The van der Waals surface area contributed by atoms with Gasteiger partial charge in [-0.1, -0.05) is 28.9 Å². The average molecular weight is 231 g/mol. The van der Waals surface area contributed by atoms with Gasteiger partial charge in [0, 0.05) is 10.4 Å². The minimum Gasteiger partial charge on any atom is -0.298 e. The Balaban J connectivity index is 3.12. The number of rotatable bonds is 1. The summed E-state index contributed by atoms with van der Waals surface area (Å²) in [6, 6.07) is 0. The zero-order chi connectivity index (χ0) is 9.14. The van der Waals surface area contributed by atoms with Crippen LogP contribution in [0.4, 0.5) is 4.39 Å². The van der Waals surface area contributed by atoms with Crippen molar-refractivity contribution in [3.05, 3.63) is 34.1 Å². The normalized spacial score (nSPS) is 23.6. The molecule has 64 valence electrons. The molecule has 0 fully saturated rings. The standard InChI is InChI=1S/C9H8BrFO/c1-6-2-3-9(11)7(5-12)4-8(6)10/h2-6H,1H3. The number of allylic oxidation sites excluding steroid dienone is 6. The van der Waals surface area contributed by atoms with E-state index < -0.39 is 5.83 Å². The van der Waals surface area contributed by atoms with Crippen LogP contribution in [0.2, 0.25) is 0 Å². The van der Waals surface area contributed by atoms with Crippen LogP contribution in [-0.2, 0) is 4.79 Å². The molecule has 12 heavy (non-hydrogen) atoms. The third-order valence-electron chi connectivity index (χ3n) is 1.66. The minimum absolute atomic E-state index is 0.0856. The highest BCUT2D eigenvalue weighted by Gasteiger charge is 2.09. The van der Waals surface area contributed by atoms with Crippen molar-refractivity contribution in [3.8, 4) is 0 Å². The van der Waals surface area contributed by atoms with Crippen molar-refractivity contribution in [2.45, 2.75) is 6.92 Å². The zero-order valence-corrected chi connectivity index (χ0v) is 8.14. The molecular formula is C9H8BrFO. The summed E-state index contributed by atoms with van der Waals surface area (Å²) in [5, 5.41) is 0. The smallest absolute Gasteiger partial charge is 0.153 e. The van der Waals surface area contributed by atoms with E-state index in [0.717, 1.165) is 4.48 Å². The monoisotopic (exact) mass is 230 g/mol. The lowest BCUT2D eigenvalue weighted by atomic mass is 10.1. The van der Waals surface area contributed by atoms with Gasteiger partial charge >= 0.3 is 0 Å². The second kappa shape index (κ2) is 3.81. The molecule has 0 saturated carbocycles. The Morgan fingerprint density at radius 1 is 1.67 bits per heavy atom. The van der Waals surface area contributed by atoms with E-state index in [0.29, 0.717) is 6.29 Å². The lowest BCUT2D eigenvalue weighted by Crippen LogP contribution is -1.87. The van der Waals surface area contributed by atoms with Crippen molar-refractivity contribution in [3.63, 3.8) is 0 Å². The molecule has 0 aliphatic heterocycles. The Kier molecular flexibility index (Phi) is 2.98. The van der Waals surface area contributed by atoms with Crippen LogP contribution in [0, 0.1) is 5.92 Å². The third-order valence-corrected chi connectivity index (χ3v) is 2.61. The first kappa shape index (κ1) is 9.39. The first-order valence-corrected chi connectivity index (χ1v) is 4.34. The number of carbonyl (C=O) groups is 1. The number of hydrogen-bond acceptors (Lipinski definition) is 1. The maximum Gasteiger partial charge on any atom is 0.153 e. The summed E-state index contributed by atoms with van der Waals surface area (Å²) in [4.78, 5) is 10.4. The van der Waals surface area contributed by atoms with Gasteiger partial charge in [0.1, 0.15) is 5.83 Å². The number of carbonyl (C=O) groups excluding carboxylic acids is 1. The van der Waals surface area contributed by atoms with E-state index in [1.54, 1.807) is 6.08 Å². The van der Waals surface area contributed by atoms with Crippen molar-refractivity contribution < 1.29 is 9.18 Å². The average Bonchev–Trinajstić information content (AvgIpc) is 2.18. The predicted octanol–water partition coefficient (Wildman–Crippen LogP) is 2.89. The van der Waals surface area contributed by atoms with Crippen molar-refractivity contribution >= 4 is 22.2 Å². The summed E-state index contributed by atoms with van der Waals surface area (Å²) in [6.07, 6.45) is 5.04. The molecule has 1 unspecified atom stereocenters. The van der Waals surface area contributed by atoms with Crippen LogP contribution in [0.5, 0.6) is 0 Å². The van der Waals surface area contributed by atoms with Crippen LogP contribution in [0.3, 0.4) is 0 Å². The molecule has 1 atom stereocenters. The van der Waals surface area contributed by atoms with Crippen LogP contribution in [0.15, 0.2) is 34.1 Å². The van der Waals surface area contributed by atoms with Crippen LogP contribution in [0.1, 0.15) is 6.92 Å². The molecule has 1 rings (SSSR count). The van der Waals surface area contributed by atoms with Gasteiger partial charge in [-0.3, -0.25) is 4.79 Å². The van der Waals surface area contributed by atoms with Crippen molar-refractivity contribution in [2.75, 3.05) is 0 Å². The fourth-order valence-corrected chi connectivity index (χ4v) is 1.26. The fourth-order valence-electron chi connectivity index (χ4n) is 0.856. The zero-order valence-electron chi connectivity index (χ0n) is 6.55. The van der Waals surface area contributed by atoms with Gasteiger partial charge in [0.25, 0.3) is 0 Å². The molecule has 0 radical (unpaired) electrons. The van der Waals surface area contributed by atoms with E-state index in [-0.39, 0.29) is 11.5 Å². The summed E-state index contributed by atoms with van der Waals surface area (Å²) >= 11 is 3.26. The molecule has 0 N–H and O–H groups in total. The Morgan fingerprint density at radius 2 is 2.33 bits per heavy atom. The summed E-state index contributed by atoms with van der Waals surface area (Å²) < 4.78 is 13.8. The van der Waals surface area contributed by atoms with Gasteiger partial charge in [-0.2, -0.15) is 0 Å². The maximum atomic E-state index is 13.0. The summed E-state index contributed by atoms with van der Waals surface area (Å²) in [6.45, 7) is 1.91. The van der Waals surface area contributed by atoms with Crippen molar-refractivity contribution in [1.82, 2.24) is 0 Å². The molecule has 0 bridgehead atoms. The van der Waals surface area contributed by atoms with Gasteiger partial charge in [-0.25, -0.2) is 4.39 Å². The van der Waals surface area contributed by atoms with E-state index in [1.165, 1.54) is 12.2 Å². The topological polar surface area (TPSA) is 17.1 Å². The molecule has 0 amide bonds. The molecule has 0 spiro atoms. The fraction of sp³-hybridized carbons (Fsp3) is 0.222. The van der Waals surface area contributed by atoms with E-state index >= 15 is 0 Å². The van der Waals surface area contributed by atoms with E-state index in [4.69, 9.17) is 0 Å². The number of hydrogen-bond donors (Lipinski definition) is 0. The Labute approximate surface area is 78.8 Å². The summed E-state index contributed by atoms with van der Waals surface area (Å²) in [5.74, 6) is -0.362. The first-order valence-electron chi connectivity index (χ1n) is 3.55. The largest absolute Gasteiger partial charge is 0.298 e. The lowest BCUT2D eigenvalue weighted by Gasteiger charge is -2.00. The van der Waals surface area contributed by atoms with E-state index in [2.05, 4.69) is 15.9 Å². The second-order valence-electron chi connectivity index (χ2n) is 2.60. The van der Waals surface area contributed by atoms with Gasteiger partial charge in [0.2, 0.25) is 0 Å². The van der Waals surface area contributed by atoms with Crippen LogP contribution < -0.4 is 0 Å². The maximum absolute atomic E-state index is 13.0. The molecule has 0 heterocycles.